The Hall–Kier alpha value is -1.78. The Labute approximate surface area is 137 Å². The van der Waals surface area contributed by atoms with E-state index in [4.69, 9.17) is 16.7 Å². The number of fused-ring (bicyclic) bond motifs is 2. The fraction of sp³-hybridized carbons (Fsp3) is 0.176. The molecule has 0 fully saturated rings. The minimum Gasteiger partial charge on any atom is -0.481 e. The summed E-state index contributed by atoms with van der Waals surface area (Å²) in [5.74, 6) is -1.55. The second-order valence-corrected chi connectivity index (χ2v) is 6.79. The van der Waals surface area contributed by atoms with E-state index in [1.807, 2.05) is 24.3 Å². The van der Waals surface area contributed by atoms with Gasteiger partial charge in [0, 0.05) is 26.8 Å². The van der Waals surface area contributed by atoms with Crippen molar-refractivity contribution in [2.45, 2.75) is 29.1 Å². The predicted octanol–water partition coefficient (Wildman–Crippen LogP) is 4.42. The minimum atomic E-state index is -0.899. The predicted molar refractivity (Wildman–Crippen MR) is 86.1 cm³/mol. The second-order valence-electron chi connectivity index (χ2n) is 5.27. The lowest BCUT2D eigenvalue weighted by molar-refractivity contribution is -0.138. The normalized spacial score (nSPS) is 14.7. The molecule has 0 aromatic heterocycles. The van der Waals surface area contributed by atoms with E-state index in [1.165, 1.54) is 11.8 Å². The topological polar surface area (TPSA) is 54.4 Å². The maximum Gasteiger partial charge on any atom is 0.310 e. The summed E-state index contributed by atoms with van der Waals surface area (Å²) in [4.78, 5) is 25.5. The van der Waals surface area contributed by atoms with Crippen molar-refractivity contribution < 1.29 is 14.7 Å². The molecule has 0 aliphatic carbocycles. The number of aliphatic carboxylic acids is 1. The summed E-state index contributed by atoms with van der Waals surface area (Å²) in [7, 11) is 0. The van der Waals surface area contributed by atoms with Crippen molar-refractivity contribution in [3.63, 3.8) is 0 Å². The van der Waals surface area contributed by atoms with Gasteiger partial charge in [-0.15, -0.1) is 0 Å². The van der Waals surface area contributed by atoms with E-state index in [0.717, 1.165) is 15.4 Å². The maximum atomic E-state index is 12.5. The number of carbonyl (C=O) groups excluding carboxylic acids is 1. The molecule has 2 aromatic carbocycles. The largest absolute Gasteiger partial charge is 0.481 e. The van der Waals surface area contributed by atoms with Gasteiger partial charge in [-0.3, -0.25) is 9.59 Å². The second kappa shape index (κ2) is 5.78. The summed E-state index contributed by atoms with van der Waals surface area (Å²) in [6.07, 6.45) is 0.279. The van der Waals surface area contributed by atoms with Gasteiger partial charge < -0.3 is 5.11 Å². The molecule has 1 aliphatic heterocycles. The molecule has 22 heavy (non-hydrogen) atoms. The van der Waals surface area contributed by atoms with Crippen LogP contribution in [0.25, 0.3) is 0 Å². The van der Waals surface area contributed by atoms with Crippen LogP contribution >= 0.6 is 23.4 Å². The molecule has 1 atom stereocenters. The van der Waals surface area contributed by atoms with E-state index >= 15 is 0 Å². The minimum absolute atomic E-state index is 0.0112. The summed E-state index contributed by atoms with van der Waals surface area (Å²) >= 11 is 7.52. The highest BCUT2D eigenvalue weighted by molar-refractivity contribution is 7.99. The van der Waals surface area contributed by atoms with E-state index < -0.39 is 11.9 Å². The molecule has 5 heteroatoms. The van der Waals surface area contributed by atoms with Gasteiger partial charge in [-0.05, 0) is 48.4 Å². The average molecular weight is 333 g/mol. The smallest absolute Gasteiger partial charge is 0.310 e. The van der Waals surface area contributed by atoms with E-state index in [0.29, 0.717) is 16.1 Å². The van der Waals surface area contributed by atoms with Gasteiger partial charge in [-0.1, -0.05) is 29.4 Å². The van der Waals surface area contributed by atoms with Crippen LogP contribution in [0.2, 0.25) is 5.02 Å². The number of ketones is 1. The first-order valence-corrected chi connectivity index (χ1v) is 8.01. The Bertz CT molecular complexity index is 785. The van der Waals surface area contributed by atoms with Crippen LogP contribution in [0.15, 0.2) is 46.2 Å². The zero-order valence-corrected chi connectivity index (χ0v) is 13.4. The molecule has 0 saturated carbocycles. The van der Waals surface area contributed by atoms with Gasteiger partial charge in [0.05, 0.1) is 5.92 Å². The highest BCUT2D eigenvalue weighted by atomic mass is 35.5. The number of Topliss-reactive ketones (excluding diaryl/α,β-unsaturated/α-hetero) is 1. The Morgan fingerprint density at radius 3 is 2.68 bits per heavy atom. The van der Waals surface area contributed by atoms with E-state index in [9.17, 15) is 9.59 Å². The third-order valence-corrected chi connectivity index (χ3v) is 5.20. The molecular weight excluding hydrogens is 320 g/mol. The van der Waals surface area contributed by atoms with Crippen molar-refractivity contribution in [3.8, 4) is 0 Å². The Kier molecular flexibility index (Phi) is 3.98. The van der Waals surface area contributed by atoms with Gasteiger partial charge in [-0.2, -0.15) is 0 Å². The number of carbonyl (C=O) groups is 2. The van der Waals surface area contributed by atoms with Gasteiger partial charge in [0.1, 0.15) is 0 Å². The molecule has 0 radical (unpaired) electrons. The highest BCUT2D eigenvalue weighted by Crippen LogP contribution is 2.39. The van der Waals surface area contributed by atoms with Crippen molar-refractivity contribution in [1.29, 1.82) is 0 Å². The summed E-state index contributed by atoms with van der Waals surface area (Å²) in [6.45, 7) is 1.62. The molecule has 3 nitrogen and oxygen atoms in total. The standard InChI is InChI=1S/C17H13ClO3S/c1-9(17(20)21)10-2-4-16-13(7-10)14(19)8-11-6-12(18)3-5-15(11)22-16/h2-7,9H,8H2,1H3,(H,20,21). The summed E-state index contributed by atoms with van der Waals surface area (Å²) in [5, 5.41) is 9.74. The van der Waals surface area contributed by atoms with Crippen LogP contribution in [0.1, 0.15) is 34.3 Å². The zero-order valence-electron chi connectivity index (χ0n) is 11.8. The highest BCUT2D eigenvalue weighted by Gasteiger charge is 2.23. The fourth-order valence-electron chi connectivity index (χ4n) is 2.44. The van der Waals surface area contributed by atoms with Gasteiger partial charge in [-0.25, -0.2) is 0 Å². The van der Waals surface area contributed by atoms with E-state index in [2.05, 4.69) is 0 Å². The molecule has 3 rings (SSSR count). The lowest BCUT2D eigenvalue weighted by atomic mass is 9.96. The van der Waals surface area contributed by atoms with Gasteiger partial charge >= 0.3 is 5.97 Å². The summed E-state index contributed by atoms with van der Waals surface area (Å²) in [6, 6.07) is 10.9. The lowest BCUT2D eigenvalue weighted by Crippen LogP contribution is -2.10. The first kappa shape index (κ1) is 15.1. The number of carboxylic acids is 1. The molecule has 0 spiro atoms. The van der Waals surface area contributed by atoms with Crippen molar-refractivity contribution in [1.82, 2.24) is 0 Å². The molecule has 1 aliphatic rings. The maximum absolute atomic E-state index is 12.5. The van der Waals surface area contributed by atoms with E-state index in [1.54, 1.807) is 19.1 Å². The number of hydrogen-bond acceptors (Lipinski definition) is 3. The van der Waals surface area contributed by atoms with Crippen LogP contribution in [0.3, 0.4) is 0 Å². The van der Waals surface area contributed by atoms with Gasteiger partial charge in [0.25, 0.3) is 0 Å². The molecule has 0 saturated heterocycles. The molecule has 1 unspecified atom stereocenters. The zero-order chi connectivity index (χ0) is 15.9. The summed E-state index contributed by atoms with van der Waals surface area (Å²) in [5.41, 5.74) is 2.14. The van der Waals surface area contributed by atoms with Gasteiger partial charge in [0.2, 0.25) is 0 Å². The number of rotatable bonds is 2. The van der Waals surface area contributed by atoms with Crippen LogP contribution in [-0.4, -0.2) is 16.9 Å². The van der Waals surface area contributed by atoms with Crippen molar-refractivity contribution >= 4 is 35.1 Å². The molecular formula is C17H13ClO3S. The van der Waals surface area contributed by atoms with E-state index in [-0.39, 0.29) is 12.2 Å². The first-order valence-electron chi connectivity index (χ1n) is 6.82. The summed E-state index contributed by atoms with van der Waals surface area (Å²) < 4.78 is 0. The number of carboxylic acid groups (broad SMARTS) is 1. The third kappa shape index (κ3) is 2.76. The Morgan fingerprint density at radius 1 is 1.23 bits per heavy atom. The number of halogens is 1. The van der Waals surface area contributed by atoms with Gasteiger partial charge in [0.15, 0.2) is 5.78 Å². The lowest BCUT2D eigenvalue weighted by Gasteiger charge is -2.10. The van der Waals surface area contributed by atoms with Crippen molar-refractivity contribution in [2.75, 3.05) is 0 Å². The van der Waals surface area contributed by atoms with Crippen molar-refractivity contribution in [3.05, 3.63) is 58.1 Å². The van der Waals surface area contributed by atoms with Crippen LogP contribution in [0, 0.1) is 0 Å². The number of benzene rings is 2. The third-order valence-electron chi connectivity index (χ3n) is 3.77. The number of hydrogen-bond donors (Lipinski definition) is 1. The molecule has 112 valence electrons. The average Bonchev–Trinajstić information content (AvgIpc) is 2.62. The quantitative estimate of drug-likeness (QED) is 0.884. The monoisotopic (exact) mass is 332 g/mol. The van der Waals surface area contributed by atoms with Crippen LogP contribution in [0.4, 0.5) is 0 Å². The Morgan fingerprint density at radius 2 is 1.95 bits per heavy atom. The van der Waals surface area contributed by atoms with Crippen LogP contribution in [-0.2, 0) is 11.2 Å². The molecule has 1 heterocycles. The van der Waals surface area contributed by atoms with Crippen LogP contribution < -0.4 is 0 Å². The first-order chi connectivity index (χ1) is 10.5. The van der Waals surface area contributed by atoms with Crippen LogP contribution in [0.5, 0.6) is 0 Å². The fourth-order valence-corrected chi connectivity index (χ4v) is 3.69. The Balaban J connectivity index is 2.06. The SMILES string of the molecule is CC(C(=O)O)c1ccc2c(c1)C(=O)Cc1cc(Cl)ccc1S2. The molecule has 0 bridgehead atoms. The molecule has 1 N–H and O–H groups in total. The molecule has 0 amide bonds. The molecule has 2 aromatic rings. The van der Waals surface area contributed by atoms with Crippen molar-refractivity contribution in [2.24, 2.45) is 0 Å².